The Labute approximate surface area is 247 Å². The Morgan fingerprint density at radius 2 is 1.98 bits per heavy atom. The van der Waals surface area contributed by atoms with Gasteiger partial charge in [-0.2, -0.15) is 0 Å². The van der Waals surface area contributed by atoms with Gasteiger partial charge in [0.15, 0.2) is 4.34 Å². The molecule has 40 heavy (non-hydrogen) atoms. The number of benzene rings is 1. The van der Waals surface area contributed by atoms with Crippen LogP contribution >= 0.6 is 23.1 Å². The normalized spacial score (nSPS) is 41.6. The monoisotopic (exact) mass is 585 g/mol. The molecule has 0 amide bonds. The van der Waals surface area contributed by atoms with Crippen LogP contribution in [0.5, 0.6) is 0 Å². The second-order valence-corrected chi connectivity index (χ2v) is 16.5. The third-order valence-corrected chi connectivity index (χ3v) is 14.9. The first-order chi connectivity index (χ1) is 19.1. The van der Waals surface area contributed by atoms with Crippen molar-refractivity contribution in [3.8, 4) is 0 Å². The summed E-state index contributed by atoms with van der Waals surface area (Å²) in [4.78, 5) is 16.6. The summed E-state index contributed by atoms with van der Waals surface area (Å²) in [7, 11) is 1.47. The van der Waals surface area contributed by atoms with E-state index >= 15 is 0 Å². The lowest BCUT2D eigenvalue weighted by Gasteiger charge is -2.63. The Kier molecular flexibility index (Phi) is 7.85. The van der Waals surface area contributed by atoms with Crippen LogP contribution in [0.4, 0.5) is 0 Å². The van der Waals surface area contributed by atoms with Gasteiger partial charge in [0.1, 0.15) is 0 Å². The van der Waals surface area contributed by atoms with Crippen molar-refractivity contribution >= 4 is 39.3 Å². The zero-order valence-electron chi connectivity index (χ0n) is 24.6. The molecule has 1 heterocycles. The SMILES string of the molecule is COC(=O)CC[C@@H](C)[C@H]1CC[C@H]2[C@@H]3CC[C@@H]4C[C@](O)(CSc5nc6ccccc6s5)CC[C@]4(C)[C@H]3C[C@H](O)[C@]12C. The molecule has 2 aromatic rings. The number of aromatic nitrogens is 1. The van der Waals surface area contributed by atoms with Crippen LogP contribution in [0.25, 0.3) is 10.2 Å². The van der Waals surface area contributed by atoms with E-state index in [1.165, 1.54) is 31.1 Å². The summed E-state index contributed by atoms with van der Waals surface area (Å²) in [5.74, 6) is 3.71. The third-order valence-electron chi connectivity index (χ3n) is 12.5. The maximum atomic E-state index is 11.8. The average molecular weight is 586 g/mol. The number of nitrogens with zero attached hydrogens (tertiary/aromatic N) is 1. The minimum absolute atomic E-state index is 0.0663. The number of hydrogen-bond donors (Lipinski definition) is 2. The molecular formula is C33H47NO4S2. The van der Waals surface area contributed by atoms with Crippen LogP contribution < -0.4 is 0 Å². The smallest absolute Gasteiger partial charge is 0.305 e. The van der Waals surface area contributed by atoms with Gasteiger partial charge in [-0.25, -0.2) is 4.98 Å². The molecule has 0 saturated heterocycles. The second-order valence-electron chi connectivity index (χ2n) is 14.2. The van der Waals surface area contributed by atoms with Crippen molar-refractivity contribution in [1.82, 2.24) is 4.98 Å². The first-order valence-electron chi connectivity index (χ1n) is 15.5. The number of esters is 1. The number of aliphatic hydroxyl groups excluding tert-OH is 1. The van der Waals surface area contributed by atoms with E-state index in [9.17, 15) is 15.0 Å². The summed E-state index contributed by atoms with van der Waals surface area (Å²) < 4.78 is 7.17. The highest BCUT2D eigenvalue weighted by atomic mass is 32.2. The number of para-hydroxylation sites is 1. The van der Waals surface area contributed by atoms with Gasteiger partial charge >= 0.3 is 5.97 Å². The fourth-order valence-corrected chi connectivity index (χ4v) is 12.3. The highest BCUT2D eigenvalue weighted by molar-refractivity contribution is 8.01. The Morgan fingerprint density at radius 3 is 2.75 bits per heavy atom. The van der Waals surface area contributed by atoms with Crippen molar-refractivity contribution in [2.45, 2.75) is 101 Å². The molecule has 4 fully saturated rings. The summed E-state index contributed by atoms with van der Waals surface area (Å²) in [6, 6.07) is 8.28. The maximum absolute atomic E-state index is 11.8. The van der Waals surface area contributed by atoms with E-state index in [-0.39, 0.29) is 22.9 Å². The van der Waals surface area contributed by atoms with Gasteiger partial charge in [0.25, 0.3) is 0 Å². The van der Waals surface area contributed by atoms with Crippen LogP contribution in [0.15, 0.2) is 28.6 Å². The van der Waals surface area contributed by atoms with Crippen LogP contribution in [0.3, 0.4) is 0 Å². The van der Waals surface area contributed by atoms with Gasteiger partial charge in [-0.05, 0) is 116 Å². The summed E-state index contributed by atoms with van der Waals surface area (Å²) in [5, 5.41) is 23.6. The Balaban J connectivity index is 1.13. The molecule has 0 unspecified atom stereocenters. The quantitative estimate of drug-likeness (QED) is 0.261. The van der Waals surface area contributed by atoms with E-state index in [1.807, 2.05) is 6.07 Å². The summed E-state index contributed by atoms with van der Waals surface area (Å²) in [6.45, 7) is 7.15. The number of rotatable bonds is 7. The highest BCUT2D eigenvalue weighted by Crippen LogP contribution is 2.69. The van der Waals surface area contributed by atoms with E-state index in [0.717, 1.165) is 48.4 Å². The average Bonchev–Trinajstić information content (AvgIpc) is 3.53. The Morgan fingerprint density at radius 1 is 1.18 bits per heavy atom. The molecule has 4 aliphatic carbocycles. The number of thiazole rings is 1. The second kappa shape index (κ2) is 10.8. The van der Waals surface area contributed by atoms with Crippen molar-refractivity contribution in [1.29, 1.82) is 0 Å². The topological polar surface area (TPSA) is 79.7 Å². The lowest BCUT2D eigenvalue weighted by Crippen LogP contribution is -2.60. The summed E-state index contributed by atoms with van der Waals surface area (Å²) in [6.07, 6.45) is 9.44. The molecule has 1 aromatic carbocycles. The van der Waals surface area contributed by atoms with Gasteiger partial charge in [0.05, 0.1) is 29.0 Å². The van der Waals surface area contributed by atoms with Gasteiger partial charge in [-0.15, -0.1) is 11.3 Å². The highest BCUT2D eigenvalue weighted by Gasteiger charge is 2.64. The molecular weight excluding hydrogens is 539 g/mol. The van der Waals surface area contributed by atoms with Gasteiger partial charge in [0.2, 0.25) is 0 Å². The molecule has 6 rings (SSSR count). The number of hydrogen-bond acceptors (Lipinski definition) is 7. The van der Waals surface area contributed by atoms with Gasteiger partial charge in [-0.1, -0.05) is 44.7 Å². The van der Waals surface area contributed by atoms with Crippen molar-refractivity contribution in [3.63, 3.8) is 0 Å². The van der Waals surface area contributed by atoms with Crippen LogP contribution in [0.1, 0.15) is 85.0 Å². The zero-order chi connectivity index (χ0) is 28.3. The Bertz CT molecular complexity index is 1200. The van der Waals surface area contributed by atoms with Gasteiger partial charge < -0.3 is 14.9 Å². The number of thioether (sulfide) groups is 1. The molecule has 10 atom stereocenters. The summed E-state index contributed by atoms with van der Waals surface area (Å²) in [5.41, 5.74) is 0.524. The standard InChI is InChI=1S/C33H47NO4S2/c1-20(9-14-29(36)38-4)23-12-13-24-22-11-10-21-18-33(37,19-39-30-34-26-7-5-6-8-27(26)40-30)16-15-31(21,2)25(22)17-28(35)32(23,24)3/h5-8,20-25,28,35,37H,9-19H2,1-4H3/t20-,21-,22+,23-,24+,25+,28+,31+,32-,33+/m1/s1. The molecule has 0 bridgehead atoms. The predicted octanol–water partition coefficient (Wildman–Crippen LogP) is 7.34. The van der Waals surface area contributed by atoms with E-state index in [0.29, 0.717) is 47.7 Å². The number of carbonyl (C=O) groups is 1. The lowest BCUT2D eigenvalue weighted by molar-refractivity contribution is -0.183. The Hall–Kier alpha value is -1.15. The third kappa shape index (κ3) is 4.85. The molecule has 2 N–H and O–H groups in total. The van der Waals surface area contributed by atoms with E-state index < -0.39 is 5.60 Å². The maximum Gasteiger partial charge on any atom is 0.305 e. The van der Waals surface area contributed by atoms with E-state index in [4.69, 9.17) is 9.72 Å². The molecule has 0 spiro atoms. The minimum Gasteiger partial charge on any atom is -0.469 e. The van der Waals surface area contributed by atoms with Crippen LogP contribution in [0, 0.1) is 46.3 Å². The number of carbonyl (C=O) groups excluding carboxylic acids is 1. The van der Waals surface area contributed by atoms with Crippen molar-refractivity contribution in [2.24, 2.45) is 46.3 Å². The van der Waals surface area contributed by atoms with Gasteiger partial charge in [-0.3, -0.25) is 4.79 Å². The van der Waals surface area contributed by atoms with E-state index in [1.54, 1.807) is 23.1 Å². The number of ether oxygens (including phenoxy) is 1. The molecule has 7 heteroatoms. The van der Waals surface area contributed by atoms with Crippen molar-refractivity contribution < 1.29 is 19.7 Å². The van der Waals surface area contributed by atoms with Crippen LogP contribution in [0.2, 0.25) is 0 Å². The lowest BCUT2D eigenvalue weighted by atomic mass is 9.43. The molecule has 5 nitrogen and oxygen atoms in total. The molecule has 4 saturated carbocycles. The van der Waals surface area contributed by atoms with Gasteiger partial charge in [0, 0.05) is 12.2 Å². The van der Waals surface area contributed by atoms with Crippen LogP contribution in [-0.2, 0) is 9.53 Å². The van der Waals surface area contributed by atoms with Crippen LogP contribution in [-0.4, -0.2) is 45.7 Å². The predicted molar refractivity (Wildman–Crippen MR) is 162 cm³/mol. The molecule has 1 aromatic heterocycles. The van der Waals surface area contributed by atoms with E-state index in [2.05, 4.69) is 39.0 Å². The van der Waals surface area contributed by atoms with Crippen molar-refractivity contribution in [2.75, 3.05) is 12.9 Å². The minimum atomic E-state index is -0.644. The first-order valence-corrected chi connectivity index (χ1v) is 17.3. The molecule has 0 radical (unpaired) electrons. The molecule has 220 valence electrons. The molecule has 4 aliphatic rings. The number of methoxy groups -OCH3 is 1. The number of fused-ring (bicyclic) bond motifs is 6. The fourth-order valence-electron chi connectivity index (χ4n) is 10.1. The number of aliphatic hydroxyl groups is 2. The molecule has 0 aliphatic heterocycles. The van der Waals surface area contributed by atoms with Crippen molar-refractivity contribution in [3.05, 3.63) is 24.3 Å². The first kappa shape index (κ1) is 28.9. The largest absolute Gasteiger partial charge is 0.469 e. The zero-order valence-corrected chi connectivity index (χ0v) is 26.2. The summed E-state index contributed by atoms with van der Waals surface area (Å²) >= 11 is 3.45. The fraction of sp³-hybridized carbons (Fsp3) is 0.758.